The average molecular weight is 467 g/mol. The van der Waals surface area contributed by atoms with E-state index in [1.807, 2.05) is 35.2 Å². The zero-order valence-corrected chi connectivity index (χ0v) is 19.2. The van der Waals surface area contributed by atoms with Crippen molar-refractivity contribution in [2.75, 3.05) is 24.5 Å². The molecule has 164 valence electrons. The van der Waals surface area contributed by atoms with Crippen LogP contribution < -0.4 is 4.90 Å². The van der Waals surface area contributed by atoms with Crippen molar-refractivity contribution >= 4 is 34.9 Å². The first-order chi connectivity index (χ1) is 15.6. The Hall–Kier alpha value is -2.63. The molecule has 1 aromatic heterocycles. The molecule has 1 amide bonds. The van der Waals surface area contributed by atoms with Gasteiger partial charge in [0.1, 0.15) is 5.82 Å². The summed E-state index contributed by atoms with van der Waals surface area (Å²) in [6, 6.07) is 15.1. The van der Waals surface area contributed by atoms with Crippen LogP contribution in [0.1, 0.15) is 40.9 Å². The molecule has 3 aromatic rings. The molecule has 7 heteroatoms. The number of fused-ring (bicyclic) bond motifs is 1. The molecule has 0 unspecified atom stereocenters. The molecular formula is C25H24Cl2N4O. The first-order valence-electron chi connectivity index (χ1n) is 11.0. The molecule has 0 N–H and O–H groups in total. The van der Waals surface area contributed by atoms with Crippen molar-refractivity contribution in [2.24, 2.45) is 0 Å². The molecule has 2 aliphatic rings. The van der Waals surface area contributed by atoms with Crippen molar-refractivity contribution < 1.29 is 4.79 Å². The summed E-state index contributed by atoms with van der Waals surface area (Å²) in [7, 11) is 0. The van der Waals surface area contributed by atoms with E-state index >= 15 is 0 Å². The van der Waals surface area contributed by atoms with Crippen LogP contribution in [0.2, 0.25) is 10.0 Å². The number of carbonyl (C=O) groups is 1. The van der Waals surface area contributed by atoms with Crippen molar-refractivity contribution in [1.82, 2.24) is 14.9 Å². The maximum absolute atomic E-state index is 13.2. The van der Waals surface area contributed by atoms with Gasteiger partial charge in [-0.15, -0.1) is 0 Å². The van der Waals surface area contributed by atoms with E-state index in [1.165, 1.54) is 6.42 Å². The molecule has 1 saturated heterocycles. The lowest BCUT2D eigenvalue weighted by Gasteiger charge is -2.34. The van der Waals surface area contributed by atoms with Gasteiger partial charge in [0.05, 0.1) is 12.2 Å². The Bertz CT molecular complexity index is 1130. The SMILES string of the molecule is O=C(c1cc(Cl)cc(Cl)c1)N1CCc2nc(-c3ccccc3)nc(N3CCCCC3)c2C1. The van der Waals surface area contributed by atoms with E-state index in [2.05, 4.69) is 4.90 Å². The molecule has 32 heavy (non-hydrogen) atoms. The van der Waals surface area contributed by atoms with Gasteiger partial charge >= 0.3 is 0 Å². The predicted octanol–water partition coefficient (Wildman–Crippen LogP) is 5.64. The number of benzene rings is 2. The molecule has 0 bridgehead atoms. The van der Waals surface area contributed by atoms with Gasteiger partial charge in [0, 0.05) is 52.8 Å². The van der Waals surface area contributed by atoms with Gasteiger partial charge < -0.3 is 9.80 Å². The third-order valence-electron chi connectivity index (χ3n) is 6.12. The lowest BCUT2D eigenvalue weighted by Crippen LogP contribution is -2.39. The fourth-order valence-electron chi connectivity index (χ4n) is 4.51. The van der Waals surface area contributed by atoms with Crippen LogP contribution in [0.5, 0.6) is 0 Å². The van der Waals surface area contributed by atoms with Crippen LogP contribution in [-0.4, -0.2) is 40.4 Å². The number of hydrogen-bond donors (Lipinski definition) is 0. The van der Waals surface area contributed by atoms with Crippen molar-refractivity contribution in [2.45, 2.75) is 32.2 Å². The number of piperidine rings is 1. The van der Waals surface area contributed by atoms with Crippen LogP contribution >= 0.6 is 23.2 Å². The van der Waals surface area contributed by atoms with Crippen molar-refractivity contribution in [3.63, 3.8) is 0 Å². The molecule has 0 aliphatic carbocycles. The third-order valence-corrected chi connectivity index (χ3v) is 6.56. The second-order valence-electron chi connectivity index (χ2n) is 8.34. The normalized spacial score (nSPS) is 16.1. The molecular weight excluding hydrogens is 443 g/mol. The molecule has 0 radical (unpaired) electrons. The van der Waals surface area contributed by atoms with E-state index < -0.39 is 0 Å². The highest BCUT2D eigenvalue weighted by atomic mass is 35.5. The molecule has 1 fully saturated rings. The lowest BCUT2D eigenvalue weighted by atomic mass is 10.0. The van der Waals surface area contributed by atoms with Crippen LogP contribution in [0.4, 0.5) is 5.82 Å². The minimum Gasteiger partial charge on any atom is -0.356 e. The number of amides is 1. The highest BCUT2D eigenvalue weighted by Crippen LogP contribution is 2.32. The van der Waals surface area contributed by atoms with Gasteiger partial charge in [0.2, 0.25) is 0 Å². The van der Waals surface area contributed by atoms with E-state index in [1.54, 1.807) is 18.2 Å². The molecule has 3 heterocycles. The average Bonchev–Trinajstić information content (AvgIpc) is 2.83. The number of carbonyl (C=O) groups excluding carboxylic acids is 1. The van der Waals surface area contributed by atoms with E-state index in [0.29, 0.717) is 35.1 Å². The molecule has 0 spiro atoms. The highest BCUT2D eigenvalue weighted by molar-refractivity contribution is 6.35. The molecule has 0 atom stereocenters. The lowest BCUT2D eigenvalue weighted by molar-refractivity contribution is 0.0733. The summed E-state index contributed by atoms with van der Waals surface area (Å²) in [5.41, 5.74) is 3.61. The van der Waals surface area contributed by atoms with Crippen molar-refractivity contribution in [3.05, 3.63) is 75.4 Å². The van der Waals surface area contributed by atoms with Crippen LogP contribution in [0, 0.1) is 0 Å². The summed E-state index contributed by atoms with van der Waals surface area (Å²) in [4.78, 5) is 27.4. The summed E-state index contributed by atoms with van der Waals surface area (Å²) in [5, 5.41) is 0.922. The monoisotopic (exact) mass is 466 g/mol. The summed E-state index contributed by atoms with van der Waals surface area (Å²) in [5.74, 6) is 1.65. The van der Waals surface area contributed by atoms with Gasteiger partial charge in [0.25, 0.3) is 5.91 Å². The van der Waals surface area contributed by atoms with E-state index in [9.17, 15) is 4.79 Å². The Morgan fingerprint density at radius 2 is 1.59 bits per heavy atom. The summed E-state index contributed by atoms with van der Waals surface area (Å²) < 4.78 is 0. The van der Waals surface area contributed by atoms with Gasteiger partial charge in [-0.25, -0.2) is 9.97 Å². The van der Waals surface area contributed by atoms with Crippen molar-refractivity contribution in [1.29, 1.82) is 0 Å². The second-order valence-corrected chi connectivity index (χ2v) is 9.22. The first-order valence-corrected chi connectivity index (χ1v) is 11.8. The summed E-state index contributed by atoms with van der Waals surface area (Å²) >= 11 is 12.3. The van der Waals surface area contributed by atoms with Crippen LogP contribution in [-0.2, 0) is 13.0 Å². The van der Waals surface area contributed by atoms with Gasteiger partial charge in [-0.2, -0.15) is 0 Å². The molecule has 2 aliphatic heterocycles. The van der Waals surface area contributed by atoms with Crippen LogP contribution in [0.25, 0.3) is 11.4 Å². The first kappa shape index (κ1) is 21.2. The fourth-order valence-corrected chi connectivity index (χ4v) is 5.04. The zero-order chi connectivity index (χ0) is 22.1. The number of nitrogens with zero attached hydrogens (tertiary/aromatic N) is 4. The number of aromatic nitrogens is 2. The number of rotatable bonds is 3. The quantitative estimate of drug-likeness (QED) is 0.500. The predicted molar refractivity (Wildman–Crippen MR) is 128 cm³/mol. The highest BCUT2D eigenvalue weighted by Gasteiger charge is 2.29. The maximum atomic E-state index is 13.2. The molecule has 0 saturated carbocycles. The number of halogens is 2. The van der Waals surface area contributed by atoms with Crippen LogP contribution in [0.3, 0.4) is 0 Å². The molecule has 5 nitrogen and oxygen atoms in total. The topological polar surface area (TPSA) is 49.3 Å². The fraction of sp³-hybridized carbons (Fsp3) is 0.320. The minimum atomic E-state index is -0.0724. The molecule has 2 aromatic carbocycles. The van der Waals surface area contributed by atoms with Gasteiger partial charge in [0.15, 0.2) is 5.82 Å². The Kier molecular flexibility index (Phi) is 6.03. The zero-order valence-electron chi connectivity index (χ0n) is 17.7. The standard InChI is InChI=1S/C25H24Cl2N4O/c26-19-13-18(14-20(27)15-19)25(32)31-12-9-22-21(16-31)24(30-10-5-2-6-11-30)29-23(28-22)17-7-3-1-4-8-17/h1,3-4,7-8,13-15H,2,5-6,9-12,16H2. The minimum absolute atomic E-state index is 0.0724. The summed E-state index contributed by atoms with van der Waals surface area (Å²) in [6.45, 7) is 3.05. The summed E-state index contributed by atoms with van der Waals surface area (Å²) in [6.07, 6.45) is 4.25. The van der Waals surface area contributed by atoms with E-state index in [0.717, 1.165) is 54.4 Å². The van der Waals surface area contributed by atoms with Crippen molar-refractivity contribution in [3.8, 4) is 11.4 Å². The van der Waals surface area contributed by atoms with E-state index in [4.69, 9.17) is 33.2 Å². The molecule has 5 rings (SSSR count). The number of hydrogen-bond acceptors (Lipinski definition) is 4. The van der Waals surface area contributed by atoms with Gasteiger partial charge in [-0.3, -0.25) is 4.79 Å². The largest absolute Gasteiger partial charge is 0.356 e. The number of anilines is 1. The Morgan fingerprint density at radius 1 is 0.875 bits per heavy atom. The Labute approximate surface area is 198 Å². The van der Waals surface area contributed by atoms with E-state index in [-0.39, 0.29) is 5.91 Å². The maximum Gasteiger partial charge on any atom is 0.254 e. The van der Waals surface area contributed by atoms with Gasteiger partial charge in [-0.1, -0.05) is 53.5 Å². The second kappa shape index (κ2) is 9.08. The smallest absolute Gasteiger partial charge is 0.254 e. The third kappa shape index (κ3) is 4.32. The Balaban J connectivity index is 1.52. The van der Waals surface area contributed by atoms with Crippen LogP contribution in [0.15, 0.2) is 48.5 Å². The van der Waals surface area contributed by atoms with Gasteiger partial charge in [-0.05, 0) is 37.5 Å². The Morgan fingerprint density at radius 3 is 2.31 bits per heavy atom.